The van der Waals surface area contributed by atoms with Crippen molar-refractivity contribution < 1.29 is 19.4 Å². The maximum Gasteiger partial charge on any atom is 0.408 e. The van der Waals surface area contributed by atoms with Crippen molar-refractivity contribution in [3.8, 4) is 0 Å². The van der Waals surface area contributed by atoms with Crippen LogP contribution in [-0.2, 0) is 9.53 Å². The Balaban J connectivity index is 2.42. The molecule has 6 nitrogen and oxygen atoms in total. The summed E-state index contributed by atoms with van der Waals surface area (Å²) in [4.78, 5) is 22.7. The standard InChI is InChI=1S/C13H24N2O4/c1-8(2)11(12(16)17)15-13(18)19-9(3)10-6-4-5-7-14-10/h8-11,14H,4-7H2,1-3H3,(H,15,18)(H,16,17)/t9?,10?,11-/m0/s1. The van der Waals surface area contributed by atoms with Crippen LogP contribution in [-0.4, -0.2) is 41.9 Å². The van der Waals surface area contributed by atoms with Crippen LogP contribution in [0, 0.1) is 5.92 Å². The smallest absolute Gasteiger partial charge is 0.408 e. The number of carboxylic acids is 1. The minimum atomic E-state index is -1.05. The molecule has 1 fully saturated rings. The number of hydrogen-bond acceptors (Lipinski definition) is 4. The van der Waals surface area contributed by atoms with Gasteiger partial charge < -0.3 is 20.5 Å². The predicted octanol–water partition coefficient (Wildman–Crippen LogP) is 1.35. The zero-order valence-corrected chi connectivity index (χ0v) is 11.8. The maximum absolute atomic E-state index is 11.7. The third-order valence-electron chi connectivity index (χ3n) is 3.41. The van der Waals surface area contributed by atoms with Crippen LogP contribution < -0.4 is 10.6 Å². The van der Waals surface area contributed by atoms with Crippen molar-refractivity contribution in [2.75, 3.05) is 6.54 Å². The fourth-order valence-electron chi connectivity index (χ4n) is 2.20. The Morgan fingerprint density at radius 3 is 2.47 bits per heavy atom. The molecule has 1 aliphatic heterocycles. The second kappa shape index (κ2) is 7.33. The molecule has 19 heavy (non-hydrogen) atoms. The number of carbonyl (C=O) groups is 2. The lowest BCUT2D eigenvalue weighted by atomic mass is 10.0. The van der Waals surface area contributed by atoms with Gasteiger partial charge in [0.15, 0.2) is 0 Å². The van der Waals surface area contributed by atoms with Crippen molar-refractivity contribution in [2.45, 2.75) is 58.2 Å². The van der Waals surface area contributed by atoms with Crippen LogP contribution in [0.15, 0.2) is 0 Å². The number of aliphatic carboxylic acids is 1. The predicted molar refractivity (Wildman–Crippen MR) is 71.0 cm³/mol. The zero-order valence-electron chi connectivity index (χ0n) is 11.8. The highest BCUT2D eigenvalue weighted by Crippen LogP contribution is 2.13. The normalized spacial score (nSPS) is 22.6. The molecule has 3 N–H and O–H groups in total. The van der Waals surface area contributed by atoms with Crippen molar-refractivity contribution in [1.82, 2.24) is 10.6 Å². The van der Waals surface area contributed by atoms with Gasteiger partial charge in [0, 0.05) is 6.04 Å². The number of carbonyl (C=O) groups excluding carboxylic acids is 1. The molecular weight excluding hydrogens is 248 g/mol. The molecule has 1 saturated heterocycles. The molecule has 0 aliphatic carbocycles. The fourth-order valence-corrected chi connectivity index (χ4v) is 2.20. The van der Waals surface area contributed by atoms with E-state index in [0.717, 1.165) is 25.8 Å². The Bertz CT molecular complexity index is 314. The van der Waals surface area contributed by atoms with Crippen molar-refractivity contribution in [2.24, 2.45) is 5.92 Å². The highest BCUT2D eigenvalue weighted by Gasteiger charge is 2.27. The molecule has 1 rings (SSSR count). The number of alkyl carbamates (subject to hydrolysis) is 1. The second-order valence-electron chi connectivity index (χ2n) is 5.37. The van der Waals surface area contributed by atoms with E-state index in [9.17, 15) is 9.59 Å². The first-order chi connectivity index (χ1) is 8.91. The number of hydrogen-bond donors (Lipinski definition) is 3. The van der Waals surface area contributed by atoms with E-state index in [2.05, 4.69) is 10.6 Å². The molecule has 110 valence electrons. The van der Waals surface area contributed by atoms with Gasteiger partial charge in [0.05, 0.1) is 0 Å². The van der Waals surface area contributed by atoms with Crippen molar-refractivity contribution >= 4 is 12.1 Å². The van der Waals surface area contributed by atoms with Crippen LogP contribution in [0.1, 0.15) is 40.0 Å². The van der Waals surface area contributed by atoms with Crippen molar-refractivity contribution in [1.29, 1.82) is 0 Å². The minimum absolute atomic E-state index is 0.154. The molecule has 0 spiro atoms. The van der Waals surface area contributed by atoms with E-state index in [-0.39, 0.29) is 18.1 Å². The summed E-state index contributed by atoms with van der Waals surface area (Å²) in [6, 6.07) is -0.763. The molecular formula is C13H24N2O4. The molecule has 1 amide bonds. The summed E-state index contributed by atoms with van der Waals surface area (Å²) in [6.07, 6.45) is 2.31. The second-order valence-corrected chi connectivity index (χ2v) is 5.37. The topological polar surface area (TPSA) is 87.7 Å². The Labute approximate surface area is 113 Å². The van der Waals surface area contributed by atoms with Gasteiger partial charge in [-0.3, -0.25) is 0 Å². The molecule has 0 radical (unpaired) electrons. The number of nitrogens with one attached hydrogen (secondary N) is 2. The molecule has 1 heterocycles. The number of amides is 1. The molecule has 0 bridgehead atoms. The summed E-state index contributed by atoms with van der Waals surface area (Å²) in [5.74, 6) is -1.23. The van der Waals surface area contributed by atoms with Crippen LogP contribution in [0.3, 0.4) is 0 Å². The average Bonchev–Trinajstić information content (AvgIpc) is 2.36. The summed E-state index contributed by atoms with van der Waals surface area (Å²) in [5, 5.41) is 14.7. The zero-order chi connectivity index (χ0) is 14.4. The highest BCUT2D eigenvalue weighted by molar-refractivity contribution is 5.80. The minimum Gasteiger partial charge on any atom is -0.480 e. The van der Waals surface area contributed by atoms with E-state index < -0.39 is 18.1 Å². The lowest BCUT2D eigenvalue weighted by Crippen LogP contribution is -2.48. The van der Waals surface area contributed by atoms with Gasteiger partial charge in [-0.2, -0.15) is 0 Å². The van der Waals surface area contributed by atoms with E-state index in [4.69, 9.17) is 9.84 Å². The molecule has 2 unspecified atom stereocenters. The Morgan fingerprint density at radius 1 is 1.32 bits per heavy atom. The first kappa shape index (κ1) is 15.8. The lowest BCUT2D eigenvalue weighted by Gasteiger charge is -2.29. The maximum atomic E-state index is 11.7. The van der Waals surface area contributed by atoms with Gasteiger partial charge in [-0.15, -0.1) is 0 Å². The van der Waals surface area contributed by atoms with Gasteiger partial charge in [-0.1, -0.05) is 20.3 Å². The first-order valence-corrected chi connectivity index (χ1v) is 6.85. The van der Waals surface area contributed by atoms with Gasteiger partial charge in [0.2, 0.25) is 0 Å². The van der Waals surface area contributed by atoms with Gasteiger partial charge in [-0.25, -0.2) is 9.59 Å². The highest BCUT2D eigenvalue weighted by atomic mass is 16.6. The lowest BCUT2D eigenvalue weighted by molar-refractivity contribution is -0.140. The van der Waals surface area contributed by atoms with E-state index in [0.29, 0.717) is 0 Å². The van der Waals surface area contributed by atoms with Crippen LogP contribution in [0.4, 0.5) is 4.79 Å². The quantitative estimate of drug-likeness (QED) is 0.703. The van der Waals surface area contributed by atoms with E-state index in [1.165, 1.54) is 0 Å². The van der Waals surface area contributed by atoms with Crippen LogP contribution in [0.2, 0.25) is 0 Å². The summed E-state index contributed by atoms with van der Waals surface area (Å²) in [7, 11) is 0. The summed E-state index contributed by atoms with van der Waals surface area (Å²) in [6.45, 7) is 6.24. The molecule has 3 atom stereocenters. The molecule has 0 aromatic carbocycles. The van der Waals surface area contributed by atoms with Crippen LogP contribution in [0.5, 0.6) is 0 Å². The average molecular weight is 272 g/mol. The van der Waals surface area contributed by atoms with Gasteiger partial charge >= 0.3 is 12.1 Å². The van der Waals surface area contributed by atoms with Gasteiger partial charge in [-0.05, 0) is 32.2 Å². The third-order valence-corrected chi connectivity index (χ3v) is 3.41. The molecule has 0 saturated carbocycles. The SMILES string of the molecule is CC(OC(=O)N[C@H](C(=O)O)C(C)C)C1CCCCN1. The number of rotatable bonds is 5. The molecule has 6 heteroatoms. The van der Waals surface area contributed by atoms with Gasteiger partial charge in [0.25, 0.3) is 0 Å². The van der Waals surface area contributed by atoms with E-state index in [1.54, 1.807) is 13.8 Å². The Hall–Kier alpha value is -1.30. The largest absolute Gasteiger partial charge is 0.480 e. The Morgan fingerprint density at radius 2 is 2.00 bits per heavy atom. The number of ether oxygens (including phenoxy) is 1. The molecule has 0 aromatic heterocycles. The Kier molecular flexibility index (Phi) is 6.08. The molecule has 1 aliphatic rings. The van der Waals surface area contributed by atoms with Crippen molar-refractivity contribution in [3.63, 3.8) is 0 Å². The third kappa shape index (κ3) is 5.06. The number of carboxylic acid groups (broad SMARTS) is 1. The van der Waals surface area contributed by atoms with Gasteiger partial charge in [0.1, 0.15) is 12.1 Å². The first-order valence-electron chi connectivity index (χ1n) is 6.85. The molecule has 0 aromatic rings. The number of piperidine rings is 1. The van der Waals surface area contributed by atoms with E-state index >= 15 is 0 Å². The van der Waals surface area contributed by atoms with Crippen molar-refractivity contribution in [3.05, 3.63) is 0 Å². The fraction of sp³-hybridized carbons (Fsp3) is 0.846. The summed E-state index contributed by atoms with van der Waals surface area (Å²) >= 11 is 0. The summed E-state index contributed by atoms with van der Waals surface area (Å²) < 4.78 is 5.24. The van der Waals surface area contributed by atoms with Crippen LogP contribution >= 0.6 is 0 Å². The van der Waals surface area contributed by atoms with E-state index in [1.807, 2.05) is 6.92 Å². The monoisotopic (exact) mass is 272 g/mol. The van der Waals surface area contributed by atoms with Crippen LogP contribution in [0.25, 0.3) is 0 Å². The summed E-state index contributed by atoms with van der Waals surface area (Å²) in [5.41, 5.74) is 0.